The Bertz CT molecular complexity index is 1020. The molecule has 2 aliphatic rings. The van der Waals surface area contributed by atoms with E-state index in [9.17, 15) is 14.4 Å². The number of carbonyl (C=O) groups is 3. The van der Waals surface area contributed by atoms with E-state index in [2.05, 4.69) is 22.8 Å². The first kappa shape index (κ1) is 21.8. The minimum Gasteiger partial charge on any atom is -0.490 e. The van der Waals surface area contributed by atoms with Gasteiger partial charge in [-0.05, 0) is 73.2 Å². The van der Waals surface area contributed by atoms with E-state index in [1.54, 1.807) is 24.3 Å². The minimum absolute atomic E-state index is 0.0579. The molecule has 32 heavy (non-hydrogen) atoms. The molecule has 0 aromatic heterocycles. The van der Waals surface area contributed by atoms with Crippen LogP contribution in [0, 0.1) is 0 Å². The van der Waals surface area contributed by atoms with Crippen LogP contribution in [-0.2, 0) is 11.2 Å². The van der Waals surface area contributed by atoms with Gasteiger partial charge in [0.25, 0.3) is 11.8 Å². The predicted octanol–water partition coefficient (Wildman–Crippen LogP) is 3.70. The van der Waals surface area contributed by atoms with Crippen LogP contribution < -0.4 is 15.4 Å². The van der Waals surface area contributed by atoms with E-state index in [0.717, 1.165) is 25.7 Å². The first-order valence-corrected chi connectivity index (χ1v) is 11.2. The van der Waals surface area contributed by atoms with Gasteiger partial charge < -0.3 is 15.4 Å². The number of ketones is 1. The number of benzene rings is 2. The van der Waals surface area contributed by atoms with Gasteiger partial charge in [-0.2, -0.15) is 0 Å². The molecule has 2 aliphatic carbocycles. The van der Waals surface area contributed by atoms with E-state index in [4.69, 9.17) is 4.74 Å². The Morgan fingerprint density at radius 2 is 1.53 bits per heavy atom. The first-order valence-electron chi connectivity index (χ1n) is 11.2. The molecule has 0 radical (unpaired) electrons. The molecule has 0 atom stereocenters. The van der Waals surface area contributed by atoms with Crippen molar-refractivity contribution < 1.29 is 19.1 Å². The summed E-state index contributed by atoms with van der Waals surface area (Å²) in [5.74, 6) is 0.666. The molecule has 2 amide bonds. The van der Waals surface area contributed by atoms with Gasteiger partial charge >= 0.3 is 0 Å². The Hall–Kier alpha value is -3.41. The molecule has 166 valence electrons. The lowest BCUT2D eigenvalue weighted by molar-refractivity contribution is -0.121. The van der Waals surface area contributed by atoms with Gasteiger partial charge in [0.15, 0.2) is 0 Å². The number of Topliss-reactive ketones (excluding diaryl/α,β-unsaturated/α-hetero) is 1. The molecule has 6 heteroatoms. The third kappa shape index (κ3) is 5.63. The summed E-state index contributed by atoms with van der Waals surface area (Å²) in [5, 5.41) is 5.67. The number of rotatable bonds is 7. The normalized spacial score (nSPS) is 15.7. The number of nitrogens with one attached hydrogen (secondary N) is 2. The molecule has 0 unspecified atom stereocenters. The Morgan fingerprint density at radius 3 is 2.25 bits per heavy atom. The van der Waals surface area contributed by atoms with E-state index in [1.807, 2.05) is 18.2 Å². The van der Waals surface area contributed by atoms with Gasteiger partial charge in [0, 0.05) is 37.1 Å². The Morgan fingerprint density at radius 1 is 0.875 bits per heavy atom. The van der Waals surface area contributed by atoms with Gasteiger partial charge in [0.1, 0.15) is 11.5 Å². The zero-order chi connectivity index (χ0) is 22.3. The van der Waals surface area contributed by atoms with E-state index in [1.165, 1.54) is 11.1 Å². The highest BCUT2D eigenvalue weighted by molar-refractivity contribution is 5.95. The fraction of sp³-hybridized carbons (Fsp3) is 0.346. The molecule has 0 aliphatic heterocycles. The van der Waals surface area contributed by atoms with Crippen LogP contribution >= 0.6 is 0 Å². The van der Waals surface area contributed by atoms with E-state index in [-0.39, 0.29) is 17.9 Å². The number of hydrogen-bond donors (Lipinski definition) is 2. The average Bonchev–Trinajstić information content (AvgIpc) is 2.83. The van der Waals surface area contributed by atoms with Gasteiger partial charge in [-0.15, -0.1) is 0 Å². The van der Waals surface area contributed by atoms with Crippen molar-refractivity contribution in [3.63, 3.8) is 0 Å². The number of fused-ring (bicyclic) bond motifs is 1. The molecule has 2 aromatic rings. The summed E-state index contributed by atoms with van der Waals surface area (Å²) in [7, 11) is 0. The van der Waals surface area contributed by atoms with Crippen molar-refractivity contribution in [3.05, 3.63) is 70.8 Å². The second-order valence-electron chi connectivity index (χ2n) is 8.25. The third-order valence-corrected chi connectivity index (χ3v) is 5.89. The molecule has 4 rings (SSSR count). The highest BCUT2D eigenvalue weighted by Crippen LogP contribution is 2.22. The van der Waals surface area contributed by atoms with Crippen LogP contribution in [0.3, 0.4) is 0 Å². The molecule has 0 heterocycles. The number of hydrogen-bond acceptors (Lipinski definition) is 4. The quantitative estimate of drug-likeness (QED) is 0.654. The van der Waals surface area contributed by atoms with E-state index < -0.39 is 0 Å². The maximum absolute atomic E-state index is 12.4. The smallest absolute Gasteiger partial charge is 0.251 e. The molecule has 2 aromatic carbocycles. The Kier molecular flexibility index (Phi) is 7.00. The first-order chi connectivity index (χ1) is 15.6. The van der Waals surface area contributed by atoms with Gasteiger partial charge in [-0.1, -0.05) is 18.2 Å². The molecule has 0 spiro atoms. The standard InChI is InChI=1S/C26H28N2O4/c29-22-9-13-24(14-10-22)32-23-11-7-19(8-12-23)25(30)27-15-16-28-26(31)21-6-5-18-3-1-2-4-20(18)17-21/h1,3,5-8,11-12,17,24H,2,4,9-10,13-16H2,(H,27,30)(H,28,31). The van der Waals surface area contributed by atoms with Crippen LogP contribution in [0.1, 0.15) is 63.9 Å². The fourth-order valence-corrected chi connectivity index (χ4v) is 4.04. The lowest BCUT2D eigenvalue weighted by atomic mass is 9.95. The summed E-state index contributed by atoms with van der Waals surface area (Å²) in [4.78, 5) is 36.1. The van der Waals surface area contributed by atoms with E-state index >= 15 is 0 Å². The van der Waals surface area contributed by atoms with Crippen LogP contribution in [0.5, 0.6) is 5.75 Å². The van der Waals surface area contributed by atoms with Crippen molar-refractivity contribution in [3.8, 4) is 5.75 Å². The van der Waals surface area contributed by atoms with Crippen LogP contribution in [-0.4, -0.2) is 36.8 Å². The number of amides is 2. The van der Waals surface area contributed by atoms with Crippen LogP contribution in [0.4, 0.5) is 0 Å². The van der Waals surface area contributed by atoms with Crippen molar-refractivity contribution in [2.45, 2.75) is 44.6 Å². The summed E-state index contributed by atoms with van der Waals surface area (Å²) in [6.07, 6.45) is 8.88. The van der Waals surface area contributed by atoms with E-state index in [0.29, 0.717) is 48.6 Å². The van der Waals surface area contributed by atoms with Gasteiger partial charge in [-0.25, -0.2) is 0 Å². The molecular weight excluding hydrogens is 404 g/mol. The molecule has 2 N–H and O–H groups in total. The molecule has 1 saturated carbocycles. The fourth-order valence-electron chi connectivity index (χ4n) is 4.04. The second-order valence-corrected chi connectivity index (χ2v) is 8.25. The van der Waals surface area contributed by atoms with Crippen molar-refractivity contribution in [1.29, 1.82) is 0 Å². The lowest BCUT2D eigenvalue weighted by Gasteiger charge is -2.22. The number of carbonyl (C=O) groups excluding carboxylic acids is 3. The van der Waals surface area contributed by atoms with Crippen molar-refractivity contribution in [2.75, 3.05) is 13.1 Å². The summed E-state index contributed by atoms with van der Waals surface area (Å²) in [6.45, 7) is 0.690. The van der Waals surface area contributed by atoms with Crippen molar-refractivity contribution >= 4 is 23.7 Å². The van der Waals surface area contributed by atoms with Crippen LogP contribution in [0.15, 0.2) is 48.5 Å². The van der Waals surface area contributed by atoms with Crippen LogP contribution in [0.25, 0.3) is 6.08 Å². The third-order valence-electron chi connectivity index (χ3n) is 5.89. The molecule has 6 nitrogen and oxygen atoms in total. The number of allylic oxidation sites excluding steroid dienone is 1. The zero-order valence-electron chi connectivity index (χ0n) is 18.1. The summed E-state index contributed by atoms with van der Waals surface area (Å²) in [5.41, 5.74) is 3.54. The molecule has 0 bridgehead atoms. The monoisotopic (exact) mass is 432 g/mol. The minimum atomic E-state index is -0.199. The highest BCUT2D eigenvalue weighted by atomic mass is 16.5. The molecule has 1 fully saturated rings. The lowest BCUT2D eigenvalue weighted by Crippen LogP contribution is -2.34. The largest absolute Gasteiger partial charge is 0.490 e. The topological polar surface area (TPSA) is 84.5 Å². The summed E-state index contributed by atoms with van der Waals surface area (Å²) >= 11 is 0. The highest BCUT2D eigenvalue weighted by Gasteiger charge is 2.20. The molecular formula is C26H28N2O4. The van der Waals surface area contributed by atoms with Crippen molar-refractivity contribution in [2.24, 2.45) is 0 Å². The summed E-state index contributed by atoms with van der Waals surface area (Å²) in [6, 6.07) is 12.7. The van der Waals surface area contributed by atoms with Gasteiger partial charge in [0.2, 0.25) is 0 Å². The maximum atomic E-state index is 12.4. The summed E-state index contributed by atoms with van der Waals surface area (Å²) < 4.78 is 5.90. The average molecular weight is 433 g/mol. The van der Waals surface area contributed by atoms with Crippen molar-refractivity contribution in [1.82, 2.24) is 10.6 Å². The SMILES string of the molecule is O=C1CCC(Oc2ccc(C(=O)NCCNC(=O)c3ccc4c(c3)CCC=C4)cc2)CC1. The number of aryl methyl sites for hydroxylation is 1. The second kappa shape index (κ2) is 10.3. The predicted molar refractivity (Wildman–Crippen MR) is 123 cm³/mol. The Balaban J connectivity index is 1.20. The Labute approximate surface area is 188 Å². The number of ether oxygens (including phenoxy) is 1. The van der Waals surface area contributed by atoms with Gasteiger partial charge in [-0.3, -0.25) is 14.4 Å². The van der Waals surface area contributed by atoms with Gasteiger partial charge in [0.05, 0.1) is 6.10 Å². The van der Waals surface area contributed by atoms with Crippen LogP contribution in [0.2, 0.25) is 0 Å². The maximum Gasteiger partial charge on any atom is 0.251 e. The molecule has 0 saturated heterocycles. The zero-order valence-corrected chi connectivity index (χ0v) is 18.1.